The van der Waals surface area contributed by atoms with Crippen molar-refractivity contribution in [2.24, 2.45) is 17.8 Å². The predicted octanol–water partition coefficient (Wildman–Crippen LogP) is 4.10. The van der Waals surface area contributed by atoms with E-state index in [9.17, 15) is 27.6 Å². The van der Waals surface area contributed by atoms with Gasteiger partial charge in [-0.1, -0.05) is 58.8 Å². The number of amides is 4. The molecule has 1 aliphatic heterocycles. The highest BCUT2D eigenvalue weighted by atomic mass is 19.4. The second-order valence-electron chi connectivity index (χ2n) is 9.28. The Bertz CT molecular complexity index is 678. The van der Waals surface area contributed by atoms with Gasteiger partial charge in [-0.05, 0) is 30.6 Å². The van der Waals surface area contributed by atoms with Crippen LogP contribution in [0.5, 0.6) is 0 Å². The first-order chi connectivity index (χ1) is 14.1. The number of carbonyl (C=O) groups excluding carboxylic acids is 3. The smallest absolute Gasteiger partial charge is 0.318 e. The van der Waals surface area contributed by atoms with Crippen molar-refractivity contribution < 1.29 is 27.6 Å². The van der Waals surface area contributed by atoms with Crippen LogP contribution in [0.15, 0.2) is 0 Å². The molecule has 0 bridgehead atoms. The maximum atomic E-state index is 14.0. The standard InChI is InChI=1S/C21H32F3N3O3/c1-13-7-6-10-16(14(13)2)27-18(29)20(21(22,23)24,26-19(27)30)25-17(28)12-11-15-8-4-3-5-9-15/h13-16H,3-12H2,1-2H3,(H,25,28)(H,26,30)/t13-,14-,16+,20-/m1/s1. The molecular formula is C21H32F3N3O3. The number of carbonyl (C=O) groups is 3. The highest BCUT2D eigenvalue weighted by Gasteiger charge is 2.69. The van der Waals surface area contributed by atoms with E-state index < -0.39 is 35.7 Å². The minimum atomic E-state index is -5.14. The highest BCUT2D eigenvalue weighted by molar-refractivity contribution is 6.09. The number of rotatable bonds is 5. The molecule has 2 N–H and O–H groups in total. The van der Waals surface area contributed by atoms with Crippen LogP contribution in [0.2, 0.25) is 0 Å². The molecule has 0 radical (unpaired) electrons. The first kappa shape index (κ1) is 22.9. The van der Waals surface area contributed by atoms with Crippen molar-refractivity contribution in [3.63, 3.8) is 0 Å². The molecule has 0 aromatic rings. The molecular weight excluding hydrogens is 399 g/mol. The van der Waals surface area contributed by atoms with Crippen LogP contribution >= 0.6 is 0 Å². The summed E-state index contributed by atoms with van der Waals surface area (Å²) in [5.41, 5.74) is -3.38. The van der Waals surface area contributed by atoms with E-state index in [1.165, 1.54) is 0 Å². The molecule has 9 heteroatoms. The fourth-order valence-electron chi connectivity index (χ4n) is 5.20. The zero-order chi connectivity index (χ0) is 22.1. The van der Waals surface area contributed by atoms with Gasteiger partial charge in [-0.25, -0.2) is 4.79 Å². The SMILES string of the molecule is C[C@@H]1[C@H](C)CCC[C@@H]1N1C(=O)N[C@@](NC(=O)CCC2CCCCC2)(C(F)(F)F)C1=O. The van der Waals surface area contributed by atoms with Gasteiger partial charge in [0, 0.05) is 12.5 Å². The van der Waals surface area contributed by atoms with E-state index >= 15 is 0 Å². The Morgan fingerprint density at radius 3 is 2.40 bits per heavy atom. The van der Waals surface area contributed by atoms with Crippen molar-refractivity contribution in [1.82, 2.24) is 15.5 Å². The Hall–Kier alpha value is -1.80. The number of nitrogens with one attached hydrogen (secondary N) is 2. The van der Waals surface area contributed by atoms with Crippen molar-refractivity contribution in [3.05, 3.63) is 0 Å². The summed E-state index contributed by atoms with van der Waals surface area (Å²) < 4.78 is 42.1. The lowest BCUT2D eigenvalue weighted by molar-refractivity contribution is -0.205. The lowest BCUT2D eigenvalue weighted by atomic mass is 9.77. The van der Waals surface area contributed by atoms with Gasteiger partial charge in [0.15, 0.2) is 0 Å². The lowest BCUT2D eigenvalue weighted by Gasteiger charge is -2.38. The first-order valence-electron chi connectivity index (χ1n) is 11.1. The van der Waals surface area contributed by atoms with Crippen LogP contribution in [0.3, 0.4) is 0 Å². The summed E-state index contributed by atoms with van der Waals surface area (Å²) in [4.78, 5) is 38.6. The molecule has 3 aliphatic rings. The molecule has 6 nitrogen and oxygen atoms in total. The van der Waals surface area contributed by atoms with Gasteiger partial charge in [-0.2, -0.15) is 13.2 Å². The number of nitrogens with zero attached hydrogens (tertiary/aromatic N) is 1. The second-order valence-corrected chi connectivity index (χ2v) is 9.28. The summed E-state index contributed by atoms with van der Waals surface area (Å²) in [6.07, 6.45) is 2.59. The molecule has 0 spiro atoms. The molecule has 4 amide bonds. The molecule has 2 saturated carbocycles. The summed E-state index contributed by atoms with van der Waals surface area (Å²) in [5, 5.41) is 3.65. The monoisotopic (exact) mass is 431 g/mol. The summed E-state index contributed by atoms with van der Waals surface area (Å²) >= 11 is 0. The Labute approximate surface area is 175 Å². The third-order valence-electron chi connectivity index (χ3n) is 7.30. The summed E-state index contributed by atoms with van der Waals surface area (Å²) in [7, 11) is 0. The number of imide groups is 1. The Morgan fingerprint density at radius 1 is 1.10 bits per heavy atom. The number of hydrogen-bond acceptors (Lipinski definition) is 3. The Morgan fingerprint density at radius 2 is 1.77 bits per heavy atom. The van der Waals surface area contributed by atoms with Gasteiger partial charge in [0.2, 0.25) is 5.91 Å². The van der Waals surface area contributed by atoms with E-state index in [0.29, 0.717) is 23.7 Å². The van der Waals surface area contributed by atoms with Crippen LogP contribution in [0, 0.1) is 17.8 Å². The van der Waals surface area contributed by atoms with Gasteiger partial charge in [0.25, 0.3) is 11.6 Å². The topological polar surface area (TPSA) is 78.5 Å². The second kappa shape index (κ2) is 8.75. The minimum absolute atomic E-state index is 0.0947. The fourth-order valence-corrected chi connectivity index (χ4v) is 5.20. The lowest BCUT2D eigenvalue weighted by Crippen LogP contribution is -2.69. The van der Waals surface area contributed by atoms with E-state index in [1.54, 1.807) is 5.32 Å². The summed E-state index contributed by atoms with van der Waals surface area (Å²) in [6, 6.07) is -1.69. The van der Waals surface area contributed by atoms with E-state index in [2.05, 4.69) is 0 Å². The van der Waals surface area contributed by atoms with Crippen molar-refractivity contribution in [3.8, 4) is 0 Å². The molecule has 170 valence electrons. The Kier molecular flexibility index (Phi) is 6.67. The fraction of sp³-hybridized carbons (Fsp3) is 0.857. The average Bonchev–Trinajstić information content (AvgIpc) is 2.94. The van der Waals surface area contributed by atoms with Crippen molar-refractivity contribution in [2.75, 3.05) is 0 Å². The van der Waals surface area contributed by atoms with Gasteiger partial charge in [-0.3, -0.25) is 19.8 Å². The number of alkyl halides is 3. The molecule has 3 rings (SSSR count). The van der Waals surface area contributed by atoms with Crippen LogP contribution in [0.4, 0.5) is 18.0 Å². The van der Waals surface area contributed by atoms with E-state index in [4.69, 9.17) is 0 Å². The van der Waals surface area contributed by atoms with Gasteiger partial charge in [0.05, 0.1) is 0 Å². The molecule has 1 heterocycles. The van der Waals surface area contributed by atoms with E-state index in [-0.39, 0.29) is 18.3 Å². The van der Waals surface area contributed by atoms with Crippen LogP contribution in [-0.2, 0) is 9.59 Å². The van der Waals surface area contributed by atoms with Gasteiger partial charge in [0.1, 0.15) is 0 Å². The van der Waals surface area contributed by atoms with E-state index in [0.717, 1.165) is 44.9 Å². The third kappa shape index (κ3) is 4.30. The molecule has 0 unspecified atom stereocenters. The molecule has 0 aromatic carbocycles. The maximum Gasteiger partial charge on any atom is 0.440 e. The zero-order valence-corrected chi connectivity index (χ0v) is 17.7. The molecule has 4 atom stereocenters. The van der Waals surface area contributed by atoms with Gasteiger partial charge < -0.3 is 5.32 Å². The number of urea groups is 1. The molecule has 0 aromatic heterocycles. The van der Waals surface area contributed by atoms with E-state index in [1.807, 2.05) is 19.2 Å². The molecule has 1 saturated heterocycles. The van der Waals surface area contributed by atoms with Crippen molar-refractivity contribution in [1.29, 1.82) is 0 Å². The zero-order valence-electron chi connectivity index (χ0n) is 17.7. The molecule has 30 heavy (non-hydrogen) atoms. The molecule has 2 aliphatic carbocycles. The number of hydrogen-bond donors (Lipinski definition) is 2. The van der Waals surface area contributed by atoms with Gasteiger partial charge >= 0.3 is 12.2 Å². The van der Waals surface area contributed by atoms with Crippen LogP contribution in [-0.4, -0.2) is 40.6 Å². The van der Waals surface area contributed by atoms with Crippen LogP contribution in [0.25, 0.3) is 0 Å². The quantitative estimate of drug-likeness (QED) is 0.644. The largest absolute Gasteiger partial charge is 0.440 e. The normalized spacial score (nSPS) is 33.5. The third-order valence-corrected chi connectivity index (χ3v) is 7.30. The molecule has 3 fully saturated rings. The Balaban J connectivity index is 1.75. The van der Waals surface area contributed by atoms with Crippen LogP contribution < -0.4 is 10.6 Å². The minimum Gasteiger partial charge on any atom is -0.318 e. The van der Waals surface area contributed by atoms with Gasteiger partial charge in [-0.15, -0.1) is 0 Å². The maximum absolute atomic E-state index is 14.0. The predicted molar refractivity (Wildman–Crippen MR) is 104 cm³/mol. The average molecular weight is 431 g/mol. The summed E-state index contributed by atoms with van der Waals surface area (Å²) in [5.74, 6) is -1.88. The van der Waals surface area contributed by atoms with Crippen molar-refractivity contribution >= 4 is 17.8 Å². The summed E-state index contributed by atoms with van der Waals surface area (Å²) in [6.45, 7) is 3.82. The first-order valence-corrected chi connectivity index (χ1v) is 11.1. The van der Waals surface area contributed by atoms with Crippen LogP contribution in [0.1, 0.15) is 78.1 Å². The van der Waals surface area contributed by atoms with Crippen molar-refractivity contribution in [2.45, 2.75) is 95.9 Å². The highest BCUT2D eigenvalue weighted by Crippen LogP contribution is 2.39. The number of halogens is 3.